The summed E-state index contributed by atoms with van der Waals surface area (Å²) in [5.41, 5.74) is 14.2. The smallest absolute Gasteiger partial charge is 0.0530 e. The second-order valence-corrected chi connectivity index (χ2v) is 7.29. The van der Waals surface area contributed by atoms with Gasteiger partial charge in [0, 0.05) is 17.9 Å². The normalized spacial score (nSPS) is 11.9. The van der Waals surface area contributed by atoms with Crippen molar-refractivity contribution in [3.63, 3.8) is 0 Å². The molecule has 0 saturated carbocycles. The van der Waals surface area contributed by atoms with Gasteiger partial charge in [-0.15, -0.1) is 0 Å². The summed E-state index contributed by atoms with van der Waals surface area (Å²) in [6, 6.07) is 12.8. The molecule has 4 aromatic rings. The maximum absolute atomic E-state index is 6.26. The number of hydrogen-bond acceptors (Lipinski definition) is 2. The van der Waals surface area contributed by atoms with Crippen LogP contribution in [0.5, 0.6) is 0 Å². The van der Waals surface area contributed by atoms with Crippen LogP contribution in [0.4, 0.5) is 11.4 Å². The highest BCUT2D eigenvalue weighted by molar-refractivity contribution is 14.1. The minimum absolute atomic E-state index is 0.852. The number of rotatable bonds is 0. The average Bonchev–Trinajstić information content (AvgIpc) is 2.44. The van der Waals surface area contributed by atoms with Crippen molar-refractivity contribution in [2.24, 2.45) is 0 Å². The van der Waals surface area contributed by atoms with E-state index in [2.05, 4.69) is 81.6 Å². The van der Waals surface area contributed by atoms with E-state index in [0.717, 1.165) is 29.3 Å². The molecule has 0 saturated heterocycles. The standard InChI is InChI=1S/C16H10I2N2/c17-11-5-7-1-3-9-14-8(6-12(18)15(9)19)2-4-10(13(7)14)16(11)20/h1-6H,19-20H2. The van der Waals surface area contributed by atoms with Crippen molar-refractivity contribution in [3.8, 4) is 0 Å². The molecule has 0 unspecified atom stereocenters. The highest BCUT2D eigenvalue weighted by atomic mass is 127. The van der Waals surface area contributed by atoms with Gasteiger partial charge in [0.15, 0.2) is 0 Å². The Balaban J connectivity index is 2.42. The predicted octanol–water partition coefficient (Wildman–Crippen LogP) is 4.96. The summed E-state index contributed by atoms with van der Waals surface area (Å²) in [6.07, 6.45) is 0. The van der Waals surface area contributed by atoms with Crippen LogP contribution in [0, 0.1) is 7.14 Å². The van der Waals surface area contributed by atoms with Crippen LogP contribution in [0.15, 0.2) is 36.4 Å². The fourth-order valence-corrected chi connectivity index (χ4v) is 4.18. The van der Waals surface area contributed by atoms with Crippen molar-refractivity contribution in [1.29, 1.82) is 0 Å². The van der Waals surface area contributed by atoms with Gasteiger partial charge >= 0.3 is 0 Å². The maximum Gasteiger partial charge on any atom is 0.0530 e. The van der Waals surface area contributed by atoms with E-state index < -0.39 is 0 Å². The third-order valence-electron chi connectivity index (χ3n) is 3.88. The SMILES string of the molecule is Nc1c(I)cc2ccc3c(N)c(I)cc4ccc1c2c43. The van der Waals surface area contributed by atoms with Crippen molar-refractivity contribution >= 4 is 88.9 Å². The Kier molecular flexibility index (Phi) is 2.69. The van der Waals surface area contributed by atoms with E-state index >= 15 is 0 Å². The number of nitrogens with two attached hydrogens (primary N) is 2. The molecule has 0 spiro atoms. The van der Waals surface area contributed by atoms with Crippen LogP contribution in [0.3, 0.4) is 0 Å². The molecule has 0 heterocycles. The monoisotopic (exact) mass is 484 g/mol. The Morgan fingerprint density at radius 3 is 1.45 bits per heavy atom. The van der Waals surface area contributed by atoms with Gasteiger partial charge in [0.1, 0.15) is 0 Å². The molecule has 0 aliphatic rings. The van der Waals surface area contributed by atoms with Crippen molar-refractivity contribution in [2.45, 2.75) is 0 Å². The highest BCUT2D eigenvalue weighted by Gasteiger charge is 2.14. The zero-order valence-electron chi connectivity index (χ0n) is 10.4. The zero-order valence-corrected chi connectivity index (χ0v) is 14.7. The molecule has 4 rings (SSSR count). The first kappa shape index (κ1) is 12.7. The summed E-state index contributed by atoms with van der Waals surface area (Å²) in [7, 11) is 0. The fraction of sp³-hybridized carbons (Fsp3) is 0. The van der Waals surface area contributed by atoms with Crippen LogP contribution < -0.4 is 11.5 Å². The molecular formula is C16H10I2N2. The second kappa shape index (κ2) is 4.24. The first-order chi connectivity index (χ1) is 9.58. The van der Waals surface area contributed by atoms with Crippen LogP contribution >= 0.6 is 45.2 Å². The first-order valence-electron chi connectivity index (χ1n) is 6.18. The van der Waals surface area contributed by atoms with Crippen LogP contribution in [0.25, 0.3) is 32.3 Å². The lowest BCUT2D eigenvalue weighted by Gasteiger charge is -2.15. The van der Waals surface area contributed by atoms with Crippen LogP contribution in [-0.2, 0) is 0 Å². The molecule has 4 N–H and O–H groups in total. The van der Waals surface area contributed by atoms with Gasteiger partial charge in [0.25, 0.3) is 0 Å². The van der Waals surface area contributed by atoms with Crippen LogP contribution in [0.2, 0.25) is 0 Å². The Labute approximate surface area is 143 Å². The fourth-order valence-electron chi connectivity index (χ4n) is 2.92. The number of halogens is 2. The van der Waals surface area contributed by atoms with Gasteiger partial charge in [-0.3, -0.25) is 0 Å². The van der Waals surface area contributed by atoms with E-state index in [9.17, 15) is 0 Å². The molecule has 0 atom stereocenters. The summed E-state index contributed by atoms with van der Waals surface area (Å²) in [5, 5.41) is 7.12. The number of nitrogen functional groups attached to an aromatic ring is 2. The van der Waals surface area contributed by atoms with Crippen molar-refractivity contribution in [1.82, 2.24) is 0 Å². The van der Waals surface area contributed by atoms with Gasteiger partial charge in [-0.05, 0) is 78.9 Å². The third kappa shape index (κ3) is 1.54. The molecule has 4 aromatic carbocycles. The van der Waals surface area contributed by atoms with E-state index in [-0.39, 0.29) is 0 Å². The number of hydrogen-bond donors (Lipinski definition) is 2. The Hall–Kier alpha value is -1.02. The molecule has 0 aliphatic carbocycles. The lowest BCUT2D eigenvalue weighted by Crippen LogP contribution is -1.96. The Morgan fingerprint density at radius 2 is 1.05 bits per heavy atom. The van der Waals surface area contributed by atoms with Crippen molar-refractivity contribution < 1.29 is 0 Å². The number of benzene rings is 4. The van der Waals surface area contributed by atoms with Gasteiger partial charge in [-0.25, -0.2) is 0 Å². The minimum Gasteiger partial charge on any atom is -0.397 e. The van der Waals surface area contributed by atoms with E-state index in [1.165, 1.54) is 21.5 Å². The zero-order chi connectivity index (χ0) is 14.0. The molecular weight excluding hydrogens is 474 g/mol. The van der Waals surface area contributed by atoms with E-state index in [0.29, 0.717) is 0 Å². The van der Waals surface area contributed by atoms with Gasteiger partial charge < -0.3 is 11.5 Å². The van der Waals surface area contributed by atoms with Crippen LogP contribution in [-0.4, -0.2) is 0 Å². The first-order valence-corrected chi connectivity index (χ1v) is 8.34. The summed E-state index contributed by atoms with van der Waals surface area (Å²) in [6.45, 7) is 0. The molecule has 0 aliphatic heterocycles. The molecule has 0 amide bonds. The van der Waals surface area contributed by atoms with E-state index in [1.807, 2.05) is 0 Å². The third-order valence-corrected chi connectivity index (χ3v) is 5.67. The molecule has 20 heavy (non-hydrogen) atoms. The lowest BCUT2D eigenvalue weighted by molar-refractivity contribution is 1.69. The topological polar surface area (TPSA) is 52.0 Å². The van der Waals surface area contributed by atoms with Gasteiger partial charge in [0.05, 0.1) is 11.4 Å². The molecule has 0 aromatic heterocycles. The summed E-state index contributed by atoms with van der Waals surface area (Å²) < 4.78 is 2.19. The van der Waals surface area contributed by atoms with Crippen molar-refractivity contribution in [2.75, 3.05) is 11.5 Å². The molecule has 0 fully saturated rings. The molecule has 2 nitrogen and oxygen atoms in total. The average molecular weight is 484 g/mol. The minimum atomic E-state index is 0.852. The predicted molar refractivity (Wildman–Crippen MR) is 104 cm³/mol. The largest absolute Gasteiger partial charge is 0.397 e. The molecule has 0 bridgehead atoms. The van der Waals surface area contributed by atoms with E-state index in [1.54, 1.807) is 0 Å². The Bertz CT molecular complexity index is 911. The maximum atomic E-state index is 6.26. The molecule has 98 valence electrons. The van der Waals surface area contributed by atoms with Gasteiger partial charge in [-0.1, -0.05) is 24.3 Å². The quantitative estimate of drug-likeness (QED) is 0.211. The van der Waals surface area contributed by atoms with E-state index in [4.69, 9.17) is 11.5 Å². The Morgan fingerprint density at radius 1 is 0.650 bits per heavy atom. The van der Waals surface area contributed by atoms with Gasteiger partial charge in [-0.2, -0.15) is 0 Å². The van der Waals surface area contributed by atoms with Crippen LogP contribution in [0.1, 0.15) is 0 Å². The summed E-state index contributed by atoms with van der Waals surface area (Å²) in [5.74, 6) is 0. The molecule has 4 heteroatoms. The highest BCUT2D eigenvalue weighted by Crippen LogP contribution is 2.41. The number of anilines is 2. The lowest BCUT2D eigenvalue weighted by atomic mass is 9.93. The van der Waals surface area contributed by atoms with Gasteiger partial charge in [0.2, 0.25) is 0 Å². The molecule has 0 radical (unpaired) electrons. The second-order valence-electron chi connectivity index (χ2n) is 4.97. The summed E-state index contributed by atoms with van der Waals surface area (Å²) >= 11 is 4.59. The van der Waals surface area contributed by atoms with Crippen molar-refractivity contribution in [3.05, 3.63) is 43.5 Å². The summed E-state index contributed by atoms with van der Waals surface area (Å²) in [4.78, 5) is 0.